The van der Waals surface area contributed by atoms with Gasteiger partial charge in [-0.05, 0) is 29.0 Å². The standard InChI is InChI=1S/C9H13BrN4O3S/c1-12-18(16,17)3-2-13-9(15)7-4-6(10)5-14-8(7)11/h4-5,12H,2-3H2,1H3,(H2,11,14)(H,13,15). The lowest BCUT2D eigenvalue weighted by molar-refractivity contribution is 0.0956. The zero-order valence-electron chi connectivity index (χ0n) is 9.60. The molecule has 1 aromatic rings. The number of halogens is 1. The molecule has 18 heavy (non-hydrogen) atoms. The third-order valence-electron chi connectivity index (χ3n) is 2.10. The lowest BCUT2D eigenvalue weighted by atomic mass is 10.2. The lowest BCUT2D eigenvalue weighted by Crippen LogP contribution is -2.33. The quantitative estimate of drug-likeness (QED) is 0.683. The number of sulfonamides is 1. The van der Waals surface area contributed by atoms with Crippen LogP contribution in [0.15, 0.2) is 16.7 Å². The fourth-order valence-electron chi connectivity index (χ4n) is 1.13. The number of hydrogen-bond donors (Lipinski definition) is 3. The first-order chi connectivity index (χ1) is 8.35. The van der Waals surface area contributed by atoms with Crippen molar-refractivity contribution in [2.75, 3.05) is 25.1 Å². The summed E-state index contributed by atoms with van der Waals surface area (Å²) in [6.45, 7) is -0.00599. The summed E-state index contributed by atoms with van der Waals surface area (Å²) < 4.78 is 25.0. The van der Waals surface area contributed by atoms with Gasteiger partial charge in [-0.2, -0.15) is 0 Å². The minimum Gasteiger partial charge on any atom is -0.383 e. The number of nitrogens with two attached hydrogens (primary N) is 1. The zero-order valence-corrected chi connectivity index (χ0v) is 12.0. The van der Waals surface area contributed by atoms with Gasteiger partial charge in [0.05, 0.1) is 11.3 Å². The molecule has 0 saturated carbocycles. The summed E-state index contributed by atoms with van der Waals surface area (Å²) in [6, 6.07) is 1.52. The monoisotopic (exact) mass is 336 g/mol. The van der Waals surface area contributed by atoms with Gasteiger partial charge >= 0.3 is 0 Å². The number of nitrogen functional groups attached to an aromatic ring is 1. The highest BCUT2D eigenvalue weighted by atomic mass is 79.9. The molecular weight excluding hydrogens is 324 g/mol. The van der Waals surface area contributed by atoms with Crippen LogP contribution in [0.1, 0.15) is 10.4 Å². The molecule has 0 radical (unpaired) electrons. The van der Waals surface area contributed by atoms with Gasteiger partial charge < -0.3 is 11.1 Å². The molecule has 0 fully saturated rings. The molecule has 0 atom stereocenters. The Morgan fingerprint density at radius 3 is 2.83 bits per heavy atom. The van der Waals surface area contributed by atoms with Crippen molar-refractivity contribution in [1.29, 1.82) is 0 Å². The van der Waals surface area contributed by atoms with E-state index in [9.17, 15) is 13.2 Å². The maximum atomic E-state index is 11.7. The number of hydrogen-bond acceptors (Lipinski definition) is 5. The van der Waals surface area contributed by atoms with Gasteiger partial charge in [0.2, 0.25) is 10.0 Å². The van der Waals surface area contributed by atoms with Crippen molar-refractivity contribution in [2.24, 2.45) is 0 Å². The molecule has 0 aromatic carbocycles. The van der Waals surface area contributed by atoms with E-state index < -0.39 is 15.9 Å². The number of anilines is 1. The first-order valence-corrected chi connectivity index (χ1v) is 7.40. The van der Waals surface area contributed by atoms with Crippen LogP contribution in [-0.2, 0) is 10.0 Å². The summed E-state index contributed by atoms with van der Waals surface area (Å²) in [5, 5.41) is 2.46. The molecule has 1 rings (SSSR count). The first kappa shape index (κ1) is 14.9. The van der Waals surface area contributed by atoms with E-state index in [-0.39, 0.29) is 23.7 Å². The average molecular weight is 337 g/mol. The second-order valence-electron chi connectivity index (χ2n) is 3.37. The van der Waals surface area contributed by atoms with Gasteiger partial charge in [0.1, 0.15) is 5.82 Å². The molecule has 0 aliphatic carbocycles. The van der Waals surface area contributed by atoms with Crippen LogP contribution in [0.2, 0.25) is 0 Å². The number of carbonyl (C=O) groups excluding carboxylic acids is 1. The van der Waals surface area contributed by atoms with Crippen molar-refractivity contribution in [3.8, 4) is 0 Å². The second kappa shape index (κ2) is 6.12. The summed E-state index contributed by atoms with van der Waals surface area (Å²) in [5.41, 5.74) is 5.75. The summed E-state index contributed by atoms with van der Waals surface area (Å²) >= 11 is 3.17. The van der Waals surface area contributed by atoms with Crippen LogP contribution in [0.5, 0.6) is 0 Å². The summed E-state index contributed by atoms with van der Waals surface area (Å²) in [4.78, 5) is 15.5. The summed E-state index contributed by atoms with van der Waals surface area (Å²) in [5.74, 6) is -0.573. The molecule has 0 bridgehead atoms. The van der Waals surface area contributed by atoms with E-state index in [4.69, 9.17) is 5.73 Å². The molecule has 4 N–H and O–H groups in total. The van der Waals surface area contributed by atoms with E-state index in [1.807, 2.05) is 0 Å². The normalized spacial score (nSPS) is 11.2. The van der Waals surface area contributed by atoms with Crippen molar-refractivity contribution >= 4 is 37.7 Å². The summed E-state index contributed by atoms with van der Waals surface area (Å²) in [7, 11) is -2.02. The van der Waals surface area contributed by atoms with E-state index in [0.29, 0.717) is 4.47 Å². The molecule has 7 nitrogen and oxygen atoms in total. The molecule has 0 saturated heterocycles. The van der Waals surface area contributed by atoms with Gasteiger partial charge in [-0.1, -0.05) is 0 Å². The van der Waals surface area contributed by atoms with Crippen LogP contribution >= 0.6 is 15.9 Å². The highest BCUT2D eigenvalue weighted by Crippen LogP contribution is 2.15. The second-order valence-corrected chi connectivity index (χ2v) is 6.33. The maximum absolute atomic E-state index is 11.7. The maximum Gasteiger partial charge on any atom is 0.255 e. The number of pyridine rings is 1. The van der Waals surface area contributed by atoms with E-state index in [0.717, 1.165) is 0 Å². The van der Waals surface area contributed by atoms with Gasteiger partial charge in [-0.3, -0.25) is 4.79 Å². The van der Waals surface area contributed by atoms with Gasteiger partial charge in [0.25, 0.3) is 5.91 Å². The van der Waals surface area contributed by atoms with Crippen molar-refractivity contribution in [3.05, 3.63) is 22.3 Å². The van der Waals surface area contributed by atoms with Crippen LogP contribution < -0.4 is 15.8 Å². The Morgan fingerprint density at radius 2 is 2.22 bits per heavy atom. The SMILES string of the molecule is CNS(=O)(=O)CCNC(=O)c1cc(Br)cnc1N. The predicted octanol–water partition coefficient (Wildman–Crippen LogP) is -0.295. The van der Waals surface area contributed by atoms with E-state index in [1.54, 1.807) is 0 Å². The van der Waals surface area contributed by atoms with Crippen molar-refractivity contribution in [1.82, 2.24) is 15.0 Å². The first-order valence-electron chi connectivity index (χ1n) is 4.96. The molecule has 9 heteroatoms. The minimum atomic E-state index is -3.34. The molecule has 100 valence electrons. The van der Waals surface area contributed by atoms with Crippen molar-refractivity contribution in [2.45, 2.75) is 0 Å². The van der Waals surface area contributed by atoms with Crippen molar-refractivity contribution in [3.63, 3.8) is 0 Å². The number of nitrogens with zero attached hydrogens (tertiary/aromatic N) is 1. The number of amides is 1. The van der Waals surface area contributed by atoms with Crippen LogP contribution in [-0.4, -0.2) is 38.7 Å². The number of aromatic nitrogens is 1. The van der Waals surface area contributed by atoms with Gasteiger partial charge in [-0.15, -0.1) is 0 Å². The summed E-state index contributed by atoms with van der Waals surface area (Å²) in [6.07, 6.45) is 1.47. The fourth-order valence-corrected chi connectivity index (χ4v) is 2.03. The molecule has 0 spiro atoms. The Hall–Kier alpha value is -1.19. The lowest BCUT2D eigenvalue weighted by Gasteiger charge is -2.07. The molecule has 1 amide bonds. The highest BCUT2D eigenvalue weighted by Gasteiger charge is 2.12. The smallest absolute Gasteiger partial charge is 0.255 e. The Bertz CT molecular complexity index is 547. The van der Waals surface area contributed by atoms with Crippen molar-refractivity contribution < 1.29 is 13.2 Å². The van der Waals surface area contributed by atoms with Gasteiger partial charge in [0.15, 0.2) is 0 Å². The minimum absolute atomic E-state index is 0.00599. The Labute approximate surface area is 113 Å². The molecule has 0 aliphatic heterocycles. The van der Waals surface area contributed by atoms with E-state index >= 15 is 0 Å². The number of nitrogens with one attached hydrogen (secondary N) is 2. The molecule has 1 heterocycles. The van der Waals surface area contributed by atoms with Gasteiger partial charge in [0, 0.05) is 17.2 Å². The fraction of sp³-hybridized carbons (Fsp3) is 0.333. The highest BCUT2D eigenvalue weighted by molar-refractivity contribution is 9.10. The van der Waals surface area contributed by atoms with Gasteiger partial charge in [-0.25, -0.2) is 18.1 Å². The molecule has 0 aliphatic rings. The predicted molar refractivity (Wildman–Crippen MR) is 71.5 cm³/mol. The molecule has 1 aromatic heterocycles. The third-order valence-corrected chi connectivity index (χ3v) is 3.89. The van der Waals surface area contributed by atoms with Crippen LogP contribution in [0.25, 0.3) is 0 Å². The average Bonchev–Trinajstić information content (AvgIpc) is 2.32. The van der Waals surface area contributed by atoms with E-state index in [2.05, 4.69) is 31.0 Å². The number of carbonyl (C=O) groups is 1. The zero-order chi connectivity index (χ0) is 13.8. The number of rotatable bonds is 5. The Balaban J connectivity index is 2.64. The molecular formula is C9H13BrN4O3S. The Kier molecular flexibility index (Phi) is 5.05. The topological polar surface area (TPSA) is 114 Å². The third kappa shape index (κ3) is 4.24. The van der Waals surface area contributed by atoms with Crippen LogP contribution in [0, 0.1) is 0 Å². The largest absolute Gasteiger partial charge is 0.383 e. The van der Waals surface area contributed by atoms with E-state index in [1.165, 1.54) is 19.3 Å². The molecule has 0 unspecified atom stereocenters. The van der Waals surface area contributed by atoms with Crippen LogP contribution in [0.3, 0.4) is 0 Å². The Morgan fingerprint density at radius 1 is 1.56 bits per heavy atom. The van der Waals surface area contributed by atoms with Crippen LogP contribution in [0.4, 0.5) is 5.82 Å².